The summed E-state index contributed by atoms with van der Waals surface area (Å²) in [6.07, 6.45) is -3.55. The van der Waals surface area contributed by atoms with Crippen LogP contribution >= 0.6 is 0 Å². The summed E-state index contributed by atoms with van der Waals surface area (Å²) >= 11 is 0. The van der Waals surface area contributed by atoms with Gasteiger partial charge < -0.3 is 10.6 Å². The molecule has 0 aliphatic carbocycles. The summed E-state index contributed by atoms with van der Waals surface area (Å²) < 4.78 is 38.2. The molecule has 1 aliphatic heterocycles. The summed E-state index contributed by atoms with van der Waals surface area (Å²) in [4.78, 5) is 24.1. The second-order valence-corrected chi connectivity index (χ2v) is 6.13. The van der Waals surface area contributed by atoms with Gasteiger partial charge in [-0.25, -0.2) is 0 Å². The maximum atomic E-state index is 12.7. The molecule has 2 aromatic rings. The zero-order valence-corrected chi connectivity index (χ0v) is 13.8. The van der Waals surface area contributed by atoms with E-state index in [-0.39, 0.29) is 24.3 Å². The average Bonchev–Trinajstić information content (AvgIpc) is 2.61. The Labute approximate surface area is 148 Å². The van der Waals surface area contributed by atoms with E-state index < -0.39 is 11.7 Å². The van der Waals surface area contributed by atoms with Gasteiger partial charge in [-0.1, -0.05) is 30.3 Å². The van der Waals surface area contributed by atoms with Gasteiger partial charge in [-0.15, -0.1) is 0 Å². The Hall–Kier alpha value is -2.83. The molecule has 26 heavy (non-hydrogen) atoms. The lowest BCUT2D eigenvalue weighted by Gasteiger charge is -2.23. The van der Waals surface area contributed by atoms with Gasteiger partial charge in [0.05, 0.1) is 5.56 Å². The molecule has 0 radical (unpaired) electrons. The lowest BCUT2D eigenvalue weighted by Crippen LogP contribution is -2.45. The van der Waals surface area contributed by atoms with Gasteiger partial charge in [-0.3, -0.25) is 9.59 Å². The fourth-order valence-corrected chi connectivity index (χ4v) is 2.94. The first-order chi connectivity index (χ1) is 12.3. The molecule has 7 heteroatoms. The number of hydrogen-bond donors (Lipinski definition) is 2. The van der Waals surface area contributed by atoms with E-state index >= 15 is 0 Å². The maximum absolute atomic E-state index is 12.7. The predicted octanol–water partition coefficient (Wildman–Crippen LogP) is 3.38. The molecule has 0 spiro atoms. The molecule has 4 nitrogen and oxygen atoms in total. The molecule has 1 unspecified atom stereocenters. The van der Waals surface area contributed by atoms with Crippen LogP contribution < -0.4 is 10.6 Å². The normalized spacial score (nSPS) is 17.5. The van der Waals surface area contributed by atoms with Gasteiger partial charge in [0.1, 0.15) is 0 Å². The first-order valence-corrected chi connectivity index (χ1v) is 8.19. The van der Waals surface area contributed by atoms with Crippen LogP contribution in [0.5, 0.6) is 0 Å². The molecule has 136 valence electrons. The van der Waals surface area contributed by atoms with Crippen molar-refractivity contribution in [2.75, 3.05) is 6.54 Å². The topological polar surface area (TPSA) is 58.2 Å². The van der Waals surface area contributed by atoms with Crippen LogP contribution in [0.2, 0.25) is 0 Å². The third-order valence-electron chi connectivity index (χ3n) is 4.28. The van der Waals surface area contributed by atoms with Crippen molar-refractivity contribution in [2.24, 2.45) is 0 Å². The lowest BCUT2D eigenvalue weighted by molar-refractivity contribution is -0.137. The summed E-state index contributed by atoms with van der Waals surface area (Å²) in [5.41, 5.74) is 0.679. The van der Waals surface area contributed by atoms with E-state index in [0.717, 1.165) is 12.1 Å². The Morgan fingerprint density at radius 1 is 1.08 bits per heavy atom. The number of alkyl halides is 3. The van der Waals surface area contributed by atoms with Crippen molar-refractivity contribution in [2.45, 2.75) is 25.1 Å². The molecule has 1 atom stereocenters. The van der Waals surface area contributed by atoms with Crippen LogP contribution in [-0.2, 0) is 11.0 Å². The lowest BCUT2D eigenvalue weighted by atomic mass is 9.97. The number of rotatable bonds is 3. The Kier molecular flexibility index (Phi) is 4.97. The smallest absolute Gasteiger partial charge is 0.356 e. The highest BCUT2D eigenvalue weighted by Gasteiger charge is 2.30. The molecule has 3 rings (SSSR count). The number of hydrogen-bond acceptors (Lipinski definition) is 2. The highest BCUT2D eigenvalue weighted by atomic mass is 19.4. The molecule has 1 saturated heterocycles. The van der Waals surface area contributed by atoms with Crippen LogP contribution in [-0.4, -0.2) is 24.4 Å². The number of carbonyl (C=O) groups excluding carboxylic acids is 2. The quantitative estimate of drug-likeness (QED) is 0.880. The molecule has 2 amide bonds. The van der Waals surface area contributed by atoms with Gasteiger partial charge in [0.2, 0.25) is 5.91 Å². The number of carbonyl (C=O) groups is 2. The summed E-state index contributed by atoms with van der Waals surface area (Å²) in [5, 5.41) is 5.53. The standard InChI is InChI=1S/C19H17F3N2O2/c20-19(21,22)13-7-5-12(6-8-13)15-3-1-2-4-16(15)18(26)24-14-9-10-23-17(25)11-14/h1-8,14H,9-11H2,(H,23,25)(H,24,26). The first-order valence-electron chi connectivity index (χ1n) is 8.19. The number of piperidine rings is 1. The number of amides is 2. The molecule has 1 heterocycles. The third kappa shape index (κ3) is 4.04. The molecular formula is C19H17F3N2O2. The van der Waals surface area contributed by atoms with Crippen LogP contribution in [0.4, 0.5) is 13.2 Å². The highest BCUT2D eigenvalue weighted by molar-refractivity contribution is 6.01. The van der Waals surface area contributed by atoms with Crippen molar-refractivity contribution in [3.63, 3.8) is 0 Å². The van der Waals surface area contributed by atoms with E-state index in [1.54, 1.807) is 24.3 Å². The van der Waals surface area contributed by atoms with Crippen LogP contribution in [0.25, 0.3) is 11.1 Å². The van der Waals surface area contributed by atoms with Crippen molar-refractivity contribution in [1.82, 2.24) is 10.6 Å². The van der Waals surface area contributed by atoms with E-state index in [1.165, 1.54) is 12.1 Å². The Balaban J connectivity index is 1.83. The monoisotopic (exact) mass is 362 g/mol. The number of halogens is 3. The fraction of sp³-hybridized carbons (Fsp3) is 0.263. The minimum absolute atomic E-state index is 0.113. The first kappa shape index (κ1) is 18.0. The molecule has 2 aromatic carbocycles. The maximum Gasteiger partial charge on any atom is 0.416 e. The third-order valence-corrected chi connectivity index (χ3v) is 4.28. The number of benzene rings is 2. The van der Waals surface area contributed by atoms with Crippen molar-refractivity contribution in [3.05, 3.63) is 59.7 Å². The second-order valence-electron chi connectivity index (χ2n) is 6.13. The fourth-order valence-electron chi connectivity index (χ4n) is 2.94. The molecule has 2 N–H and O–H groups in total. The van der Waals surface area contributed by atoms with E-state index in [4.69, 9.17) is 0 Å². The van der Waals surface area contributed by atoms with Gasteiger partial charge in [0.25, 0.3) is 5.91 Å². The van der Waals surface area contributed by atoms with Crippen molar-refractivity contribution >= 4 is 11.8 Å². The minimum atomic E-state index is -4.41. The molecule has 0 aromatic heterocycles. The van der Waals surface area contributed by atoms with Crippen molar-refractivity contribution in [1.29, 1.82) is 0 Å². The molecule has 1 fully saturated rings. The number of nitrogens with one attached hydrogen (secondary N) is 2. The molecule has 0 bridgehead atoms. The Bertz CT molecular complexity index is 816. The minimum Gasteiger partial charge on any atom is -0.356 e. The predicted molar refractivity (Wildman–Crippen MR) is 90.4 cm³/mol. The highest BCUT2D eigenvalue weighted by Crippen LogP contribution is 2.31. The van der Waals surface area contributed by atoms with Gasteiger partial charge in [0, 0.05) is 24.6 Å². The van der Waals surface area contributed by atoms with E-state index in [2.05, 4.69) is 10.6 Å². The summed E-state index contributed by atoms with van der Waals surface area (Å²) in [5.74, 6) is -0.460. The zero-order valence-electron chi connectivity index (χ0n) is 13.8. The summed E-state index contributed by atoms with van der Waals surface area (Å²) in [7, 11) is 0. The largest absolute Gasteiger partial charge is 0.416 e. The Morgan fingerprint density at radius 3 is 2.42 bits per heavy atom. The summed E-state index contributed by atoms with van der Waals surface area (Å²) in [6, 6.07) is 11.2. The zero-order chi connectivity index (χ0) is 18.7. The molecular weight excluding hydrogens is 345 g/mol. The van der Waals surface area contributed by atoms with Crippen molar-refractivity contribution in [3.8, 4) is 11.1 Å². The van der Waals surface area contributed by atoms with Gasteiger partial charge in [-0.05, 0) is 35.7 Å². The molecule has 0 saturated carbocycles. The van der Waals surface area contributed by atoms with Crippen LogP contribution in [0.15, 0.2) is 48.5 Å². The van der Waals surface area contributed by atoms with Crippen LogP contribution in [0.1, 0.15) is 28.8 Å². The van der Waals surface area contributed by atoms with E-state index in [1.807, 2.05) is 0 Å². The summed E-state index contributed by atoms with van der Waals surface area (Å²) in [6.45, 7) is 0.504. The molecule has 1 aliphatic rings. The van der Waals surface area contributed by atoms with Crippen LogP contribution in [0, 0.1) is 0 Å². The van der Waals surface area contributed by atoms with Crippen LogP contribution in [0.3, 0.4) is 0 Å². The SMILES string of the molecule is O=C1CC(NC(=O)c2ccccc2-c2ccc(C(F)(F)F)cc2)CCN1. The van der Waals surface area contributed by atoms with Crippen molar-refractivity contribution < 1.29 is 22.8 Å². The van der Waals surface area contributed by atoms with Gasteiger partial charge in [-0.2, -0.15) is 13.2 Å². The van der Waals surface area contributed by atoms with E-state index in [9.17, 15) is 22.8 Å². The second kappa shape index (κ2) is 7.19. The Morgan fingerprint density at radius 2 is 1.77 bits per heavy atom. The van der Waals surface area contributed by atoms with E-state index in [0.29, 0.717) is 29.7 Å². The van der Waals surface area contributed by atoms with Gasteiger partial charge >= 0.3 is 6.18 Å². The average molecular weight is 362 g/mol. The van der Waals surface area contributed by atoms with Gasteiger partial charge in [0.15, 0.2) is 0 Å².